The molecule has 8 heteroatoms. The van der Waals surface area contributed by atoms with Crippen molar-refractivity contribution in [2.24, 2.45) is 5.73 Å². The van der Waals surface area contributed by atoms with Gasteiger partial charge in [0.25, 0.3) is 0 Å². The molecule has 4 nitrogen and oxygen atoms in total. The topological polar surface area (TPSA) is 69.1 Å². The van der Waals surface area contributed by atoms with Crippen molar-refractivity contribution in [3.8, 4) is 33.8 Å². The van der Waals surface area contributed by atoms with Crippen LogP contribution >= 0.6 is 11.8 Å². The lowest BCUT2D eigenvalue weighted by Gasteiger charge is -2.10. The average molecular weight is 440 g/mol. The van der Waals surface area contributed by atoms with Gasteiger partial charge in [0.15, 0.2) is 5.76 Å². The fraction of sp³-hybridized carbons (Fsp3) is 0.0435. The van der Waals surface area contributed by atoms with Crippen LogP contribution < -0.4 is 5.73 Å². The predicted molar refractivity (Wildman–Crippen MR) is 113 cm³/mol. The number of hydrogen-bond donors (Lipinski definition) is 1. The van der Waals surface area contributed by atoms with Gasteiger partial charge in [0.2, 0.25) is 5.91 Å². The summed E-state index contributed by atoms with van der Waals surface area (Å²) in [5, 5.41) is 0. The average Bonchev–Trinajstić information content (AvgIpc) is 3.28. The summed E-state index contributed by atoms with van der Waals surface area (Å²) < 4.78 is 43.3. The van der Waals surface area contributed by atoms with E-state index in [0.29, 0.717) is 28.3 Å². The van der Waals surface area contributed by atoms with Crippen LogP contribution in [0.2, 0.25) is 0 Å². The van der Waals surface area contributed by atoms with Gasteiger partial charge in [0, 0.05) is 16.0 Å². The summed E-state index contributed by atoms with van der Waals surface area (Å²) in [7, 11) is 0. The highest BCUT2D eigenvalue weighted by Crippen LogP contribution is 2.38. The fourth-order valence-electron chi connectivity index (χ4n) is 3.05. The maximum absolute atomic E-state index is 12.6. The molecule has 0 bridgehead atoms. The highest BCUT2D eigenvalue weighted by molar-refractivity contribution is 8.00. The molecule has 1 amide bonds. The zero-order valence-electron chi connectivity index (χ0n) is 15.9. The van der Waals surface area contributed by atoms with E-state index in [0.717, 1.165) is 11.1 Å². The third-order valence-corrected chi connectivity index (χ3v) is 5.22. The number of alkyl halides is 3. The SMILES string of the molecule is NC(=O)c1ccc(-c2cc(-c3ccc(SC(F)(F)F)cc3)nc(-c3ccco3)c2)cc1. The number of primary amides is 1. The van der Waals surface area contributed by atoms with E-state index in [4.69, 9.17) is 10.2 Å². The van der Waals surface area contributed by atoms with E-state index in [1.54, 1.807) is 48.5 Å². The van der Waals surface area contributed by atoms with Gasteiger partial charge in [-0.2, -0.15) is 13.2 Å². The number of pyridine rings is 1. The summed E-state index contributed by atoms with van der Waals surface area (Å²) >= 11 is -0.164. The number of carbonyl (C=O) groups is 1. The van der Waals surface area contributed by atoms with Crippen LogP contribution in [0.4, 0.5) is 13.2 Å². The Morgan fingerprint density at radius 1 is 0.871 bits per heavy atom. The van der Waals surface area contributed by atoms with Gasteiger partial charge in [0.1, 0.15) is 5.69 Å². The quantitative estimate of drug-likeness (QED) is 0.365. The first kappa shape index (κ1) is 20.7. The monoisotopic (exact) mass is 440 g/mol. The molecular formula is C23H15F3N2O2S. The van der Waals surface area contributed by atoms with Crippen molar-refractivity contribution >= 4 is 17.7 Å². The van der Waals surface area contributed by atoms with Crippen molar-refractivity contribution in [2.75, 3.05) is 0 Å². The van der Waals surface area contributed by atoms with Crippen LogP contribution in [0.5, 0.6) is 0 Å². The Morgan fingerprint density at radius 2 is 1.52 bits per heavy atom. The van der Waals surface area contributed by atoms with E-state index in [1.165, 1.54) is 18.4 Å². The van der Waals surface area contributed by atoms with E-state index >= 15 is 0 Å². The molecule has 0 atom stereocenters. The molecule has 0 aliphatic carbocycles. The molecule has 0 aliphatic heterocycles. The standard InChI is InChI=1S/C23H15F3N2O2S/c24-23(25,26)31-18-9-7-15(8-10-18)19-12-17(13-20(28-19)21-2-1-11-30-21)14-3-5-16(6-4-14)22(27)29/h1-13H,(H2,27,29). The number of nitrogens with zero attached hydrogens (tertiary/aromatic N) is 1. The van der Waals surface area contributed by atoms with Gasteiger partial charge in [-0.1, -0.05) is 24.3 Å². The van der Waals surface area contributed by atoms with Crippen LogP contribution in [0.1, 0.15) is 10.4 Å². The Kier molecular flexibility index (Phi) is 5.56. The Labute approximate surface area is 179 Å². The van der Waals surface area contributed by atoms with E-state index in [2.05, 4.69) is 4.98 Å². The van der Waals surface area contributed by atoms with Gasteiger partial charge >= 0.3 is 5.51 Å². The second-order valence-electron chi connectivity index (χ2n) is 6.62. The zero-order valence-corrected chi connectivity index (χ0v) is 16.7. The fourth-order valence-corrected chi connectivity index (χ4v) is 3.59. The maximum Gasteiger partial charge on any atom is 0.446 e. The Hall–Kier alpha value is -3.52. The third-order valence-electron chi connectivity index (χ3n) is 4.49. The molecule has 2 heterocycles. The number of halogens is 3. The predicted octanol–water partition coefficient (Wildman–Crippen LogP) is 6.39. The third kappa shape index (κ3) is 4.97. The molecule has 0 saturated heterocycles. The van der Waals surface area contributed by atoms with Crippen LogP contribution in [0, 0.1) is 0 Å². The lowest BCUT2D eigenvalue weighted by atomic mass is 10.0. The molecule has 0 unspecified atom stereocenters. The van der Waals surface area contributed by atoms with Crippen molar-refractivity contribution in [3.63, 3.8) is 0 Å². The highest BCUT2D eigenvalue weighted by Gasteiger charge is 2.29. The van der Waals surface area contributed by atoms with E-state index in [-0.39, 0.29) is 16.7 Å². The number of rotatable bonds is 5. The van der Waals surface area contributed by atoms with Gasteiger partial charge in [0.05, 0.1) is 12.0 Å². The second-order valence-corrected chi connectivity index (χ2v) is 7.76. The lowest BCUT2D eigenvalue weighted by molar-refractivity contribution is -0.0328. The summed E-state index contributed by atoms with van der Waals surface area (Å²) in [4.78, 5) is 16.1. The van der Waals surface area contributed by atoms with Crippen LogP contribution in [0.25, 0.3) is 33.8 Å². The van der Waals surface area contributed by atoms with Gasteiger partial charge < -0.3 is 10.2 Å². The molecule has 0 aliphatic rings. The number of nitrogens with two attached hydrogens (primary N) is 1. The summed E-state index contributed by atoms with van der Waals surface area (Å²) in [6, 6.07) is 20.0. The van der Waals surface area contributed by atoms with Crippen molar-refractivity contribution in [1.29, 1.82) is 0 Å². The Morgan fingerprint density at radius 3 is 2.10 bits per heavy atom. The number of amides is 1. The summed E-state index contributed by atoms with van der Waals surface area (Å²) in [6.07, 6.45) is 1.54. The summed E-state index contributed by atoms with van der Waals surface area (Å²) in [5.41, 5.74) is 4.80. The number of hydrogen-bond acceptors (Lipinski definition) is 4. The minimum atomic E-state index is -4.34. The Balaban J connectivity index is 1.76. The second kappa shape index (κ2) is 8.31. The van der Waals surface area contributed by atoms with E-state index in [9.17, 15) is 18.0 Å². The van der Waals surface area contributed by atoms with Crippen LogP contribution in [0.15, 0.2) is 88.4 Å². The molecule has 0 spiro atoms. The summed E-state index contributed by atoms with van der Waals surface area (Å²) in [5.74, 6) is 0.0381. The lowest BCUT2D eigenvalue weighted by Crippen LogP contribution is -2.10. The van der Waals surface area contributed by atoms with Crippen LogP contribution in [0.3, 0.4) is 0 Å². The first-order valence-corrected chi connectivity index (χ1v) is 9.92. The molecular weight excluding hydrogens is 425 g/mol. The zero-order chi connectivity index (χ0) is 22.0. The van der Waals surface area contributed by atoms with Gasteiger partial charge in [-0.15, -0.1) is 0 Å². The van der Waals surface area contributed by atoms with Crippen molar-refractivity contribution in [1.82, 2.24) is 4.98 Å². The van der Waals surface area contributed by atoms with Crippen molar-refractivity contribution in [3.05, 3.63) is 84.6 Å². The first-order valence-electron chi connectivity index (χ1n) is 9.11. The smallest absolute Gasteiger partial charge is 0.446 e. The van der Waals surface area contributed by atoms with Gasteiger partial charge in [-0.3, -0.25) is 4.79 Å². The van der Waals surface area contributed by atoms with Gasteiger partial charge in [-0.05, 0) is 71.4 Å². The van der Waals surface area contributed by atoms with Crippen molar-refractivity contribution < 1.29 is 22.4 Å². The number of aromatic nitrogens is 1. The van der Waals surface area contributed by atoms with E-state index in [1.807, 2.05) is 12.1 Å². The minimum Gasteiger partial charge on any atom is -0.463 e. The van der Waals surface area contributed by atoms with Crippen LogP contribution in [-0.2, 0) is 0 Å². The highest BCUT2D eigenvalue weighted by atomic mass is 32.2. The molecule has 2 N–H and O–H groups in total. The molecule has 2 aromatic carbocycles. The normalized spacial score (nSPS) is 11.5. The number of benzene rings is 2. The summed E-state index contributed by atoms with van der Waals surface area (Å²) in [6.45, 7) is 0. The minimum absolute atomic E-state index is 0.0979. The van der Waals surface area contributed by atoms with Crippen molar-refractivity contribution in [2.45, 2.75) is 10.4 Å². The number of thioether (sulfide) groups is 1. The molecule has 156 valence electrons. The number of carbonyl (C=O) groups excluding carboxylic acids is 1. The molecule has 0 radical (unpaired) electrons. The number of furan rings is 1. The van der Waals surface area contributed by atoms with Gasteiger partial charge in [-0.25, -0.2) is 4.98 Å². The molecule has 4 rings (SSSR count). The Bertz CT molecular complexity index is 1200. The molecule has 31 heavy (non-hydrogen) atoms. The molecule has 4 aromatic rings. The van der Waals surface area contributed by atoms with E-state index < -0.39 is 11.4 Å². The maximum atomic E-state index is 12.6. The molecule has 0 saturated carbocycles. The molecule has 2 aromatic heterocycles. The largest absolute Gasteiger partial charge is 0.463 e. The van der Waals surface area contributed by atoms with Crippen LogP contribution in [-0.4, -0.2) is 16.4 Å². The first-order chi connectivity index (χ1) is 14.8. The molecule has 0 fully saturated rings.